The molecule has 2 aliphatic rings. The highest BCUT2D eigenvalue weighted by Gasteiger charge is 2.35. The van der Waals surface area contributed by atoms with Crippen LogP contribution in [0.4, 0.5) is 0 Å². The fourth-order valence-electron chi connectivity index (χ4n) is 4.18. The van der Waals surface area contributed by atoms with Crippen LogP contribution in [0.15, 0.2) is 42.6 Å². The number of hydrogen-bond acceptors (Lipinski definition) is 5. The van der Waals surface area contributed by atoms with Crippen LogP contribution < -0.4 is 10.1 Å². The summed E-state index contributed by atoms with van der Waals surface area (Å²) in [7, 11) is 0. The summed E-state index contributed by atoms with van der Waals surface area (Å²) in [6.07, 6.45) is 6.31. The molecule has 7 heteroatoms. The van der Waals surface area contributed by atoms with E-state index in [2.05, 4.69) is 15.3 Å². The van der Waals surface area contributed by atoms with Gasteiger partial charge in [0.2, 0.25) is 0 Å². The molecule has 1 N–H and O–H groups in total. The van der Waals surface area contributed by atoms with Crippen LogP contribution in [0.2, 0.25) is 0 Å². The molecular weight excluding hydrogens is 368 g/mol. The van der Waals surface area contributed by atoms with Gasteiger partial charge in [-0.05, 0) is 57.0 Å². The van der Waals surface area contributed by atoms with E-state index < -0.39 is 0 Å². The van der Waals surface area contributed by atoms with Crippen molar-refractivity contribution < 1.29 is 14.3 Å². The van der Waals surface area contributed by atoms with Crippen LogP contribution in [0.25, 0.3) is 0 Å². The number of benzene rings is 1. The molecule has 3 heterocycles. The lowest BCUT2D eigenvalue weighted by atomic mass is 9.79. The van der Waals surface area contributed by atoms with E-state index >= 15 is 0 Å². The van der Waals surface area contributed by atoms with Crippen LogP contribution in [-0.4, -0.2) is 60.0 Å². The van der Waals surface area contributed by atoms with E-state index in [1.54, 1.807) is 16.9 Å². The van der Waals surface area contributed by atoms with E-state index in [9.17, 15) is 4.79 Å². The van der Waals surface area contributed by atoms with Crippen molar-refractivity contribution in [1.29, 1.82) is 0 Å². The molecule has 29 heavy (non-hydrogen) atoms. The third-order valence-electron chi connectivity index (χ3n) is 5.92. The molecule has 1 amide bonds. The van der Waals surface area contributed by atoms with E-state index in [0.717, 1.165) is 38.3 Å². The average Bonchev–Trinajstić information content (AvgIpc) is 3.44. The van der Waals surface area contributed by atoms with Gasteiger partial charge in [-0.25, -0.2) is 4.68 Å². The van der Waals surface area contributed by atoms with Gasteiger partial charge >= 0.3 is 0 Å². The molecule has 2 saturated heterocycles. The Labute approximate surface area is 172 Å². The monoisotopic (exact) mass is 398 g/mol. The summed E-state index contributed by atoms with van der Waals surface area (Å²) in [6.45, 7) is 5.86. The second kappa shape index (κ2) is 9.41. The molecule has 2 aliphatic heterocycles. The predicted octanol–water partition coefficient (Wildman–Crippen LogP) is 2.54. The molecule has 0 bridgehead atoms. The SMILES string of the molecule is O=C(NCC1(CN2CCCC2)CCOCC1)c1ccn(COc2ccccc2)n1. The van der Waals surface area contributed by atoms with Crippen molar-refractivity contribution in [2.24, 2.45) is 5.41 Å². The van der Waals surface area contributed by atoms with Crippen LogP contribution in [0.1, 0.15) is 36.2 Å². The average molecular weight is 399 g/mol. The molecule has 156 valence electrons. The maximum Gasteiger partial charge on any atom is 0.271 e. The number of nitrogens with zero attached hydrogens (tertiary/aromatic N) is 3. The fourth-order valence-corrected chi connectivity index (χ4v) is 4.18. The van der Waals surface area contributed by atoms with Gasteiger partial charge in [0.15, 0.2) is 6.73 Å². The Hall–Kier alpha value is -2.38. The Kier molecular flexibility index (Phi) is 6.46. The lowest BCUT2D eigenvalue weighted by Gasteiger charge is -2.40. The number of rotatable bonds is 8. The van der Waals surface area contributed by atoms with E-state index in [0.29, 0.717) is 12.2 Å². The Balaban J connectivity index is 1.31. The Morgan fingerprint density at radius 1 is 1.14 bits per heavy atom. The molecule has 4 rings (SSSR count). The highest BCUT2D eigenvalue weighted by atomic mass is 16.5. The first-order chi connectivity index (χ1) is 14.2. The number of hydrogen-bond donors (Lipinski definition) is 1. The molecule has 0 saturated carbocycles. The number of carbonyl (C=O) groups excluding carboxylic acids is 1. The minimum Gasteiger partial charge on any atom is -0.471 e. The van der Waals surface area contributed by atoms with Crippen molar-refractivity contribution in [3.8, 4) is 5.75 Å². The normalized spacial score (nSPS) is 19.2. The molecule has 0 atom stereocenters. The standard InChI is InChI=1S/C22H30N4O3/c27-21(20-8-13-26(24-20)18-29-19-6-2-1-3-7-19)23-16-22(9-14-28-15-10-22)17-25-11-4-5-12-25/h1-3,6-8,13H,4-5,9-12,14-18H2,(H,23,27). The highest BCUT2D eigenvalue weighted by molar-refractivity contribution is 5.92. The van der Waals surface area contributed by atoms with E-state index in [-0.39, 0.29) is 18.1 Å². The zero-order valence-electron chi connectivity index (χ0n) is 16.9. The Morgan fingerprint density at radius 2 is 1.90 bits per heavy atom. The first-order valence-electron chi connectivity index (χ1n) is 10.5. The number of nitrogens with one attached hydrogen (secondary N) is 1. The van der Waals surface area contributed by atoms with Crippen LogP contribution in [0, 0.1) is 5.41 Å². The van der Waals surface area contributed by atoms with Gasteiger partial charge in [-0.1, -0.05) is 18.2 Å². The molecule has 2 aromatic rings. The smallest absolute Gasteiger partial charge is 0.271 e. The highest BCUT2D eigenvalue weighted by Crippen LogP contribution is 2.32. The number of likely N-dealkylation sites (tertiary alicyclic amines) is 1. The summed E-state index contributed by atoms with van der Waals surface area (Å²) < 4.78 is 12.9. The molecule has 0 radical (unpaired) electrons. The lowest BCUT2D eigenvalue weighted by molar-refractivity contribution is -0.000659. The molecule has 2 fully saturated rings. The van der Waals surface area contributed by atoms with Crippen LogP contribution in [-0.2, 0) is 11.5 Å². The number of aromatic nitrogens is 2. The molecule has 0 aliphatic carbocycles. The third-order valence-corrected chi connectivity index (χ3v) is 5.92. The quantitative estimate of drug-likeness (QED) is 0.740. The number of carbonyl (C=O) groups is 1. The molecular formula is C22H30N4O3. The van der Waals surface area contributed by atoms with Gasteiger partial charge in [-0.2, -0.15) is 5.10 Å². The van der Waals surface area contributed by atoms with Crippen molar-refractivity contribution in [1.82, 2.24) is 20.0 Å². The Bertz CT molecular complexity index is 780. The second-order valence-electron chi connectivity index (χ2n) is 8.11. The van der Waals surface area contributed by atoms with Gasteiger partial charge in [0.05, 0.1) is 0 Å². The minimum absolute atomic E-state index is 0.0945. The minimum atomic E-state index is -0.129. The van der Waals surface area contributed by atoms with Gasteiger partial charge in [0, 0.05) is 37.9 Å². The number of para-hydroxylation sites is 1. The van der Waals surface area contributed by atoms with Gasteiger partial charge in [-0.15, -0.1) is 0 Å². The number of amides is 1. The third kappa shape index (κ3) is 5.36. The van der Waals surface area contributed by atoms with Crippen molar-refractivity contribution in [2.45, 2.75) is 32.4 Å². The lowest BCUT2D eigenvalue weighted by Crippen LogP contribution is -2.48. The summed E-state index contributed by atoms with van der Waals surface area (Å²) >= 11 is 0. The summed E-state index contributed by atoms with van der Waals surface area (Å²) in [5.74, 6) is 0.646. The first-order valence-corrected chi connectivity index (χ1v) is 10.5. The zero-order valence-corrected chi connectivity index (χ0v) is 16.9. The summed E-state index contributed by atoms with van der Waals surface area (Å²) in [4.78, 5) is 15.2. The first kappa shape index (κ1) is 19.9. The zero-order chi connectivity index (χ0) is 19.9. The summed E-state index contributed by atoms with van der Waals surface area (Å²) in [6, 6.07) is 11.3. The van der Waals surface area contributed by atoms with Gasteiger partial charge in [0.25, 0.3) is 5.91 Å². The van der Waals surface area contributed by atoms with Crippen molar-refractivity contribution in [2.75, 3.05) is 39.4 Å². The van der Waals surface area contributed by atoms with Gasteiger partial charge in [-0.3, -0.25) is 4.79 Å². The fraction of sp³-hybridized carbons (Fsp3) is 0.545. The van der Waals surface area contributed by atoms with Crippen molar-refractivity contribution in [3.05, 3.63) is 48.3 Å². The van der Waals surface area contributed by atoms with Crippen molar-refractivity contribution >= 4 is 5.91 Å². The Morgan fingerprint density at radius 3 is 2.66 bits per heavy atom. The van der Waals surface area contributed by atoms with E-state index in [1.165, 1.54) is 25.9 Å². The van der Waals surface area contributed by atoms with Gasteiger partial charge in [0.1, 0.15) is 11.4 Å². The molecule has 1 aromatic carbocycles. The van der Waals surface area contributed by atoms with Crippen LogP contribution >= 0.6 is 0 Å². The second-order valence-corrected chi connectivity index (χ2v) is 8.11. The van der Waals surface area contributed by atoms with E-state index in [4.69, 9.17) is 9.47 Å². The van der Waals surface area contributed by atoms with Crippen molar-refractivity contribution in [3.63, 3.8) is 0 Å². The summed E-state index contributed by atoms with van der Waals surface area (Å²) in [5, 5.41) is 7.49. The van der Waals surface area contributed by atoms with Gasteiger partial charge < -0.3 is 19.7 Å². The maximum atomic E-state index is 12.7. The maximum absolute atomic E-state index is 12.7. The van der Waals surface area contributed by atoms with E-state index in [1.807, 2.05) is 30.3 Å². The summed E-state index contributed by atoms with van der Waals surface area (Å²) in [5.41, 5.74) is 0.516. The molecule has 0 spiro atoms. The number of ether oxygens (including phenoxy) is 2. The predicted molar refractivity (Wildman–Crippen MR) is 110 cm³/mol. The van der Waals surface area contributed by atoms with Crippen LogP contribution in [0.5, 0.6) is 5.75 Å². The van der Waals surface area contributed by atoms with Crippen LogP contribution in [0.3, 0.4) is 0 Å². The molecule has 7 nitrogen and oxygen atoms in total. The molecule has 1 aromatic heterocycles. The largest absolute Gasteiger partial charge is 0.471 e. The molecule has 0 unspecified atom stereocenters. The topological polar surface area (TPSA) is 68.6 Å².